The molecule has 132 valence electrons. The molecule has 25 heavy (non-hydrogen) atoms. The summed E-state index contributed by atoms with van der Waals surface area (Å²) in [4.78, 5) is 0. The summed E-state index contributed by atoms with van der Waals surface area (Å²) in [7, 11) is -0.378. The van der Waals surface area contributed by atoms with Crippen LogP contribution in [0.4, 0.5) is 0 Å². The van der Waals surface area contributed by atoms with Crippen molar-refractivity contribution in [3.63, 3.8) is 0 Å². The van der Waals surface area contributed by atoms with E-state index >= 15 is 0 Å². The maximum atomic E-state index is 6.19. The molecule has 5 heteroatoms. The van der Waals surface area contributed by atoms with E-state index in [0.29, 0.717) is 6.61 Å². The van der Waals surface area contributed by atoms with Crippen molar-refractivity contribution in [3.8, 4) is 5.75 Å². The molecular formula is C20H24BBrO3. The fraction of sp³-hybridized carbons (Fsp3) is 0.400. The molecule has 3 nitrogen and oxygen atoms in total. The Morgan fingerprint density at radius 3 is 2.28 bits per heavy atom. The predicted octanol–water partition coefficient (Wildman–Crippen LogP) is 4.64. The first kappa shape index (κ1) is 18.5. The second kappa shape index (κ2) is 6.78. The lowest BCUT2D eigenvalue weighted by atomic mass is 9.76. The molecular weight excluding hydrogens is 379 g/mol. The number of ether oxygens (including phenoxy) is 1. The quantitative estimate of drug-likeness (QED) is 0.697. The molecule has 0 bridgehead atoms. The summed E-state index contributed by atoms with van der Waals surface area (Å²) in [5.74, 6) is 0.851. The fourth-order valence-electron chi connectivity index (χ4n) is 2.73. The molecule has 3 rings (SSSR count). The van der Waals surface area contributed by atoms with Gasteiger partial charge in [-0.3, -0.25) is 0 Å². The van der Waals surface area contributed by atoms with Crippen LogP contribution in [0.1, 0.15) is 38.8 Å². The van der Waals surface area contributed by atoms with Crippen molar-refractivity contribution < 1.29 is 14.0 Å². The number of benzene rings is 2. The number of halogens is 1. The van der Waals surface area contributed by atoms with E-state index in [2.05, 4.69) is 56.6 Å². The van der Waals surface area contributed by atoms with E-state index in [1.807, 2.05) is 36.4 Å². The Morgan fingerprint density at radius 1 is 1.00 bits per heavy atom. The Hall–Kier alpha value is -1.30. The molecule has 1 aliphatic rings. The normalized spacial score (nSPS) is 18.4. The predicted molar refractivity (Wildman–Crippen MR) is 105 cm³/mol. The molecule has 0 N–H and O–H groups in total. The lowest BCUT2D eigenvalue weighted by Gasteiger charge is -2.32. The highest BCUT2D eigenvalue weighted by molar-refractivity contribution is 9.10. The van der Waals surface area contributed by atoms with Crippen LogP contribution >= 0.6 is 15.9 Å². The van der Waals surface area contributed by atoms with Gasteiger partial charge in [0.15, 0.2) is 0 Å². The zero-order valence-electron chi connectivity index (χ0n) is 15.4. The van der Waals surface area contributed by atoms with Gasteiger partial charge in [0.05, 0.1) is 11.2 Å². The van der Waals surface area contributed by atoms with Gasteiger partial charge in [0, 0.05) is 4.47 Å². The summed E-state index contributed by atoms with van der Waals surface area (Å²) in [6.45, 7) is 10.8. The van der Waals surface area contributed by atoms with E-state index in [9.17, 15) is 0 Å². The van der Waals surface area contributed by atoms with Crippen molar-refractivity contribution in [2.75, 3.05) is 0 Å². The maximum Gasteiger partial charge on any atom is 0.495 e. The number of hydrogen-bond acceptors (Lipinski definition) is 3. The summed E-state index contributed by atoms with van der Waals surface area (Å²) < 4.78 is 19.5. The Kier molecular flexibility index (Phi) is 5.02. The van der Waals surface area contributed by atoms with Gasteiger partial charge in [-0.15, -0.1) is 0 Å². The van der Waals surface area contributed by atoms with Crippen LogP contribution < -0.4 is 10.2 Å². The molecule has 1 aliphatic heterocycles. The standard InChI is InChI=1S/C20H24BBrO3/c1-14-12-16(10-11-18(14)22)23-13-15-8-6-7-9-17(15)21-24-19(2,3)20(4,5)25-21/h6-12H,13H2,1-5H3. The molecule has 0 unspecified atom stereocenters. The molecule has 0 saturated carbocycles. The molecule has 0 amide bonds. The summed E-state index contributed by atoms with van der Waals surface area (Å²) in [6, 6.07) is 14.1. The van der Waals surface area contributed by atoms with Crippen LogP contribution in [0.15, 0.2) is 46.9 Å². The highest BCUT2D eigenvalue weighted by atomic mass is 79.9. The number of rotatable bonds is 4. The molecule has 1 saturated heterocycles. The van der Waals surface area contributed by atoms with Crippen molar-refractivity contribution in [1.29, 1.82) is 0 Å². The van der Waals surface area contributed by atoms with Gasteiger partial charge in [-0.1, -0.05) is 40.2 Å². The number of aryl methyl sites for hydroxylation is 1. The van der Waals surface area contributed by atoms with E-state index < -0.39 is 0 Å². The molecule has 2 aromatic rings. The van der Waals surface area contributed by atoms with Gasteiger partial charge in [-0.2, -0.15) is 0 Å². The second-order valence-electron chi connectivity index (χ2n) is 7.49. The van der Waals surface area contributed by atoms with Crippen LogP contribution in [0.5, 0.6) is 5.75 Å². The topological polar surface area (TPSA) is 27.7 Å². The first-order valence-corrected chi connectivity index (χ1v) is 9.31. The molecule has 0 atom stereocenters. The minimum absolute atomic E-state index is 0.353. The summed E-state index contributed by atoms with van der Waals surface area (Å²) in [6.07, 6.45) is 0. The van der Waals surface area contributed by atoms with Gasteiger partial charge in [0.2, 0.25) is 0 Å². The van der Waals surface area contributed by atoms with E-state index in [-0.39, 0.29) is 18.3 Å². The van der Waals surface area contributed by atoms with Crippen LogP contribution in [-0.4, -0.2) is 18.3 Å². The van der Waals surface area contributed by atoms with Gasteiger partial charge in [-0.05, 0) is 69.4 Å². The maximum absolute atomic E-state index is 6.19. The third-order valence-electron chi connectivity index (χ3n) is 5.09. The summed E-state index contributed by atoms with van der Waals surface area (Å²) in [5.41, 5.74) is 2.54. The minimum atomic E-state index is -0.378. The third-order valence-corrected chi connectivity index (χ3v) is 5.98. The third kappa shape index (κ3) is 3.79. The van der Waals surface area contributed by atoms with Crippen LogP contribution in [0.3, 0.4) is 0 Å². The molecule has 0 radical (unpaired) electrons. The van der Waals surface area contributed by atoms with Crippen LogP contribution in [0.25, 0.3) is 0 Å². The van der Waals surface area contributed by atoms with E-state index in [1.165, 1.54) is 0 Å². The highest BCUT2D eigenvalue weighted by Crippen LogP contribution is 2.36. The van der Waals surface area contributed by atoms with Gasteiger partial charge in [-0.25, -0.2) is 0 Å². The molecule has 2 aromatic carbocycles. The van der Waals surface area contributed by atoms with Crippen molar-refractivity contribution in [2.45, 2.75) is 52.4 Å². The molecule has 0 aromatic heterocycles. The van der Waals surface area contributed by atoms with Gasteiger partial charge < -0.3 is 14.0 Å². The molecule has 0 aliphatic carbocycles. The van der Waals surface area contributed by atoms with E-state index in [0.717, 1.165) is 26.8 Å². The average molecular weight is 403 g/mol. The Labute approximate surface area is 159 Å². The Balaban J connectivity index is 1.79. The smallest absolute Gasteiger partial charge is 0.489 e. The zero-order valence-corrected chi connectivity index (χ0v) is 17.0. The lowest BCUT2D eigenvalue weighted by molar-refractivity contribution is 0.00578. The largest absolute Gasteiger partial charge is 0.495 e. The first-order valence-electron chi connectivity index (χ1n) is 8.52. The monoisotopic (exact) mass is 402 g/mol. The number of hydrogen-bond donors (Lipinski definition) is 0. The fourth-order valence-corrected chi connectivity index (χ4v) is 2.98. The average Bonchev–Trinajstić information content (AvgIpc) is 2.77. The SMILES string of the molecule is Cc1cc(OCc2ccccc2B2OC(C)(C)C(C)(C)O2)ccc1Br. The van der Waals surface area contributed by atoms with Crippen molar-refractivity contribution in [3.05, 3.63) is 58.1 Å². The van der Waals surface area contributed by atoms with E-state index in [1.54, 1.807) is 0 Å². The van der Waals surface area contributed by atoms with Gasteiger partial charge in [0.1, 0.15) is 12.4 Å². The van der Waals surface area contributed by atoms with Crippen LogP contribution in [0.2, 0.25) is 0 Å². The van der Waals surface area contributed by atoms with Crippen molar-refractivity contribution in [2.24, 2.45) is 0 Å². The van der Waals surface area contributed by atoms with Gasteiger partial charge in [0.25, 0.3) is 0 Å². The first-order chi connectivity index (χ1) is 11.7. The highest BCUT2D eigenvalue weighted by Gasteiger charge is 2.52. The van der Waals surface area contributed by atoms with Gasteiger partial charge >= 0.3 is 7.12 Å². The minimum Gasteiger partial charge on any atom is -0.489 e. The second-order valence-corrected chi connectivity index (χ2v) is 8.34. The van der Waals surface area contributed by atoms with Crippen LogP contribution in [-0.2, 0) is 15.9 Å². The van der Waals surface area contributed by atoms with Crippen LogP contribution in [0, 0.1) is 6.92 Å². The molecule has 1 heterocycles. The van der Waals surface area contributed by atoms with E-state index in [4.69, 9.17) is 14.0 Å². The molecule has 1 fully saturated rings. The molecule has 0 spiro atoms. The Morgan fingerprint density at radius 2 is 1.64 bits per heavy atom. The Bertz CT molecular complexity index is 757. The summed E-state index contributed by atoms with van der Waals surface area (Å²) >= 11 is 3.51. The van der Waals surface area contributed by atoms with Crippen molar-refractivity contribution in [1.82, 2.24) is 0 Å². The lowest BCUT2D eigenvalue weighted by Crippen LogP contribution is -2.41. The zero-order chi connectivity index (χ0) is 18.2. The van der Waals surface area contributed by atoms with Crippen molar-refractivity contribution >= 4 is 28.5 Å². The summed E-state index contributed by atoms with van der Waals surface area (Å²) in [5, 5.41) is 0.